The van der Waals surface area contributed by atoms with Gasteiger partial charge in [-0.1, -0.05) is 0 Å². The number of pyridine rings is 1. The third-order valence-electron chi connectivity index (χ3n) is 4.68. The molecule has 2 N–H and O–H groups in total. The van der Waals surface area contributed by atoms with Gasteiger partial charge in [-0.05, 0) is 44.1 Å². The highest BCUT2D eigenvalue weighted by Crippen LogP contribution is 2.37. The van der Waals surface area contributed by atoms with Gasteiger partial charge in [0.15, 0.2) is 0 Å². The Kier molecular flexibility index (Phi) is 3.33. The summed E-state index contributed by atoms with van der Waals surface area (Å²) in [5.41, 5.74) is 6.81. The first-order valence-electron chi connectivity index (χ1n) is 7.16. The van der Waals surface area contributed by atoms with E-state index in [4.69, 9.17) is 5.73 Å². The summed E-state index contributed by atoms with van der Waals surface area (Å²) in [6, 6.07) is 2.16. The molecule has 3 atom stereocenters. The highest BCUT2D eigenvalue weighted by Gasteiger charge is 2.37. The van der Waals surface area contributed by atoms with Crippen LogP contribution in [-0.2, 0) is 0 Å². The maximum Gasteiger partial charge on any atom is 0.290 e. The van der Waals surface area contributed by atoms with Crippen molar-refractivity contribution in [3.05, 3.63) is 27.9 Å². The average Bonchev–Trinajstić information content (AvgIpc) is 2.81. The molecular weight excluding hydrogens is 256 g/mol. The van der Waals surface area contributed by atoms with Crippen LogP contribution in [0, 0.1) is 28.9 Å². The minimum atomic E-state index is -0.380. The molecule has 1 saturated heterocycles. The van der Waals surface area contributed by atoms with Gasteiger partial charge in [-0.15, -0.1) is 0 Å². The first-order chi connectivity index (χ1) is 9.54. The summed E-state index contributed by atoms with van der Waals surface area (Å²) < 4.78 is 0. The van der Waals surface area contributed by atoms with Gasteiger partial charge >= 0.3 is 0 Å². The van der Waals surface area contributed by atoms with Crippen molar-refractivity contribution >= 4 is 11.5 Å². The van der Waals surface area contributed by atoms with Gasteiger partial charge in [0.2, 0.25) is 0 Å². The van der Waals surface area contributed by atoms with Gasteiger partial charge in [0.1, 0.15) is 12.0 Å². The third-order valence-corrected chi connectivity index (χ3v) is 4.68. The standard InChI is InChI=1S/C14H20N4O2/c1-9-4-14(16-6-13(9)18(19)20)17-7-10-2-3-12(15)5-11(10)8-17/h4,6,10-12H,2-3,5,7-8,15H2,1H3/t10-,11+,12?/m1/s1. The van der Waals surface area contributed by atoms with Gasteiger partial charge in [-0.3, -0.25) is 10.1 Å². The Morgan fingerprint density at radius 3 is 2.85 bits per heavy atom. The summed E-state index contributed by atoms with van der Waals surface area (Å²) in [4.78, 5) is 17.0. The molecule has 6 nitrogen and oxygen atoms in total. The Hall–Kier alpha value is -1.69. The SMILES string of the molecule is Cc1cc(N2C[C@H]3CCC(N)C[C@H]3C2)ncc1[N+](=O)[O-]. The summed E-state index contributed by atoms with van der Waals surface area (Å²) in [5.74, 6) is 2.21. The number of rotatable bonds is 2. The van der Waals surface area contributed by atoms with Crippen molar-refractivity contribution in [3.63, 3.8) is 0 Å². The lowest BCUT2D eigenvalue weighted by Gasteiger charge is -2.27. The Morgan fingerprint density at radius 2 is 2.15 bits per heavy atom. The van der Waals surface area contributed by atoms with E-state index in [2.05, 4.69) is 9.88 Å². The molecule has 3 rings (SSSR count). The molecule has 1 unspecified atom stereocenters. The second kappa shape index (κ2) is 5.01. The number of nitrogens with zero attached hydrogens (tertiary/aromatic N) is 3. The zero-order chi connectivity index (χ0) is 14.3. The van der Waals surface area contributed by atoms with Gasteiger partial charge in [-0.2, -0.15) is 0 Å². The van der Waals surface area contributed by atoms with Gasteiger partial charge in [-0.25, -0.2) is 4.98 Å². The minimum Gasteiger partial charge on any atom is -0.356 e. The Labute approximate surface area is 118 Å². The molecule has 20 heavy (non-hydrogen) atoms. The van der Waals surface area contributed by atoms with Crippen molar-refractivity contribution in [2.75, 3.05) is 18.0 Å². The molecule has 0 amide bonds. The summed E-state index contributed by atoms with van der Waals surface area (Å²) in [6.45, 7) is 3.74. The van der Waals surface area contributed by atoms with Crippen LogP contribution in [0.25, 0.3) is 0 Å². The lowest BCUT2D eigenvalue weighted by molar-refractivity contribution is -0.385. The summed E-state index contributed by atoms with van der Waals surface area (Å²) >= 11 is 0. The summed E-state index contributed by atoms with van der Waals surface area (Å²) in [6.07, 6.45) is 4.77. The van der Waals surface area contributed by atoms with Gasteiger partial charge in [0, 0.05) is 24.7 Å². The fourth-order valence-electron chi connectivity index (χ4n) is 3.55. The molecule has 2 aliphatic rings. The predicted molar refractivity (Wildman–Crippen MR) is 76.6 cm³/mol. The normalized spacial score (nSPS) is 29.3. The molecule has 1 aromatic rings. The van der Waals surface area contributed by atoms with Crippen LogP contribution in [-0.4, -0.2) is 29.0 Å². The molecule has 0 spiro atoms. The van der Waals surface area contributed by atoms with Crippen molar-refractivity contribution in [2.24, 2.45) is 17.6 Å². The molecular formula is C14H20N4O2. The van der Waals surface area contributed by atoms with Crippen LogP contribution in [0.2, 0.25) is 0 Å². The number of aromatic nitrogens is 1. The molecule has 6 heteroatoms. The van der Waals surface area contributed by atoms with E-state index in [0.717, 1.165) is 31.7 Å². The highest BCUT2D eigenvalue weighted by molar-refractivity contribution is 5.49. The quantitative estimate of drug-likeness (QED) is 0.658. The van der Waals surface area contributed by atoms with Crippen LogP contribution in [0.1, 0.15) is 24.8 Å². The van der Waals surface area contributed by atoms with Gasteiger partial charge in [0.25, 0.3) is 5.69 Å². The molecule has 0 aromatic carbocycles. The molecule has 2 heterocycles. The number of aryl methyl sites for hydroxylation is 1. The Morgan fingerprint density at radius 1 is 1.40 bits per heavy atom. The molecule has 1 saturated carbocycles. The number of anilines is 1. The molecule has 108 valence electrons. The van der Waals surface area contributed by atoms with Crippen LogP contribution in [0.15, 0.2) is 12.3 Å². The fourth-order valence-corrected chi connectivity index (χ4v) is 3.55. The van der Waals surface area contributed by atoms with E-state index in [1.807, 2.05) is 6.07 Å². The summed E-state index contributed by atoms with van der Waals surface area (Å²) in [7, 11) is 0. The van der Waals surface area contributed by atoms with Crippen LogP contribution >= 0.6 is 0 Å². The first kappa shape index (κ1) is 13.3. The summed E-state index contributed by atoms with van der Waals surface area (Å²) in [5, 5.41) is 10.8. The number of hydrogen-bond acceptors (Lipinski definition) is 5. The smallest absolute Gasteiger partial charge is 0.290 e. The maximum absolute atomic E-state index is 10.8. The Bertz CT molecular complexity index is 534. The first-order valence-corrected chi connectivity index (χ1v) is 7.16. The predicted octanol–water partition coefficient (Wildman–Crippen LogP) is 1.86. The number of fused-ring (bicyclic) bond motifs is 1. The van der Waals surface area contributed by atoms with Crippen molar-refractivity contribution in [1.82, 2.24) is 4.98 Å². The number of hydrogen-bond donors (Lipinski definition) is 1. The van der Waals surface area contributed by atoms with E-state index >= 15 is 0 Å². The maximum atomic E-state index is 10.8. The van der Waals surface area contributed by atoms with Gasteiger partial charge < -0.3 is 10.6 Å². The second-order valence-corrected chi connectivity index (χ2v) is 6.08. The van der Waals surface area contributed by atoms with E-state index in [-0.39, 0.29) is 10.6 Å². The average molecular weight is 276 g/mol. The van der Waals surface area contributed by atoms with E-state index < -0.39 is 0 Å². The van der Waals surface area contributed by atoms with Crippen molar-refractivity contribution in [1.29, 1.82) is 0 Å². The van der Waals surface area contributed by atoms with Crippen molar-refractivity contribution in [3.8, 4) is 0 Å². The van der Waals surface area contributed by atoms with Crippen molar-refractivity contribution in [2.45, 2.75) is 32.2 Å². The number of nitrogens with two attached hydrogens (primary N) is 1. The van der Waals surface area contributed by atoms with E-state index in [1.165, 1.54) is 12.6 Å². The van der Waals surface area contributed by atoms with Crippen LogP contribution < -0.4 is 10.6 Å². The van der Waals surface area contributed by atoms with Crippen molar-refractivity contribution < 1.29 is 4.92 Å². The highest BCUT2D eigenvalue weighted by atomic mass is 16.6. The molecule has 2 fully saturated rings. The van der Waals surface area contributed by atoms with E-state index in [0.29, 0.717) is 23.4 Å². The van der Waals surface area contributed by atoms with E-state index in [1.54, 1.807) is 6.92 Å². The van der Waals surface area contributed by atoms with Crippen LogP contribution in [0.4, 0.5) is 11.5 Å². The zero-order valence-corrected chi connectivity index (χ0v) is 11.7. The fraction of sp³-hybridized carbons (Fsp3) is 0.643. The molecule has 1 aromatic heterocycles. The Balaban J connectivity index is 1.78. The van der Waals surface area contributed by atoms with E-state index in [9.17, 15) is 10.1 Å². The molecule has 1 aliphatic heterocycles. The van der Waals surface area contributed by atoms with Crippen LogP contribution in [0.3, 0.4) is 0 Å². The topological polar surface area (TPSA) is 85.3 Å². The third kappa shape index (κ3) is 2.35. The number of nitro groups is 1. The molecule has 1 aliphatic carbocycles. The lowest BCUT2D eigenvalue weighted by atomic mass is 9.79. The minimum absolute atomic E-state index is 0.0902. The zero-order valence-electron chi connectivity index (χ0n) is 11.7. The monoisotopic (exact) mass is 276 g/mol. The second-order valence-electron chi connectivity index (χ2n) is 6.08. The van der Waals surface area contributed by atoms with Gasteiger partial charge in [0.05, 0.1) is 4.92 Å². The lowest BCUT2D eigenvalue weighted by Crippen LogP contribution is -2.32. The molecule has 0 bridgehead atoms. The largest absolute Gasteiger partial charge is 0.356 e. The molecule has 0 radical (unpaired) electrons. The van der Waals surface area contributed by atoms with Crippen LogP contribution in [0.5, 0.6) is 0 Å².